The maximum atomic E-state index is 4.94. The molecular formula is C18H27LuO-. The Morgan fingerprint density at radius 2 is 0.800 bits per heavy atom. The fourth-order valence-electron chi connectivity index (χ4n) is 1.15. The molecule has 11 radical (unpaired) electrons. The first-order valence-electron chi connectivity index (χ1n) is 6.91. The molecule has 2 aliphatic carbocycles. The maximum Gasteiger partial charge on any atom is 0.0466 e. The predicted molar refractivity (Wildman–Crippen MR) is 83.3 cm³/mol. The molecule has 0 aromatic heterocycles. The van der Waals surface area contributed by atoms with Crippen LogP contribution in [0.3, 0.4) is 0 Å². The van der Waals surface area contributed by atoms with Crippen LogP contribution >= 0.6 is 0 Å². The van der Waals surface area contributed by atoms with Crippen molar-refractivity contribution in [3.8, 4) is 0 Å². The Bertz CT molecular complexity index is 98.1. The van der Waals surface area contributed by atoms with Crippen LogP contribution in [0.4, 0.5) is 0 Å². The summed E-state index contributed by atoms with van der Waals surface area (Å²) >= 11 is 0. The third-order valence-corrected chi connectivity index (χ3v) is 1.94. The summed E-state index contributed by atoms with van der Waals surface area (Å²) in [6, 6.07) is 0. The van der Waals surface area contributed by atoms with E-state index in [1.165, 1.54) is 18.8 Å². The fourth-order valence-corrected chi connectivity index (χ4v) is 1.15. The number of rotatable bonds is 0. The average Bonchev–Trinajstić information content (AvgIpc) is 3.18. The van der Waals surface area contributed by atoms with Crippen molar-refractivity contribution < 1.29 is 41.6 Å². The summed E-state index contributed by atoms with van der Waals surface area (Å²) < 4.78 is 4.94. The van der Waals surface area contributed by atoms with E-state index in [0.29, 0.717) is 0 Å². The van der Waals surface area contributed by atoms with Gasteiger partial charge in [0.15, 0.2) is 0 Å². The van der Waals surface area contributed by atoms with Crippen molar-refractivity contribution in [2.75, 3.05) is 13.2 Å². The Hall–Kier alpha value is 1.19. The molecule has 0 unspecified atom stereocenters. The molecule has 0 spiro atoms. The van der Waals surface area contributed by atoms with Gasteiger partial charge in [0, 0.05) is 50.1 Å². The van der Waals surface area contributed by atoms with Gasteiger partial charge >= 0.3 is 0 Å². The Morgan fingerprint density at radius 3 is 0.900 bits per heavy atom. The van der Waals surface area contributed by atoms with Crippen LogP contribution in [-0.2, 0) is 4.74 Å². The molecule has 0 N–H and O–H groups in total. The van der Waals surface area contributed by atoms with Crippen LogP contribution < -0.4 is 0 Å². The predicted octanol–water partition coefficient (Wildman–Crippen LogP) is 4.46. The van der Waals surface area contributed by atoms with Crippen molar-refractivity contribution in [2.45, 2.75) is 33.6 Å². The molecule has 0 aromatic carbocycles. The van der Waals surface area contributed by atoms with Crippen LogP contribution in [0.5, 0.6) is 0 Å². The Morgan fingerprint density at radius 1 is 0.600 bits per heavy atom. The second-order valence-electron chi connectivity index (χ2n) is 4.74. The minimum atomic E-state index is 0. The van der Waals surface area contributed by atoms with E-state index >= 15 is 0 Å². The summed E-state index contributed by atoms with van der Waals surface area (Å²) in [6.07, 6.45) is 22.6. The zero-order valence-electron chi connectivity index (χ0n) is 12.8. The van der Waals surface area contributed by atoms with Gasteiger partial charge in [0.2, 0.25) is 0 Å². The van der Waals surface area contributed by atoms with Crippen molar-refractivity contribution in [3.05, 3.63) is 70.1 Å². The number of ether oxygens (including phenoxy) is 1. The Balaban J connectivity index is 0. The molecule has 1 nitrogen and oxygen atoms in total. The molecule has 3 rings (SSSR count). The van der Waals surface area contributed by atoms with E-state index < -0.39 is 0 Å². The van der Waals surface area contributed by atoms with Crippen LogP contribution in [0.2, 0.25) is 0 Å². The number of hydrogen-bond acceptors (Lipinski definition) is 1. The molecule has 1 aliphatic heterocycles. The van der Waals surface area contributed by atoms with Crippen LogP contribution in [0.15, 0.2) is 0 Å². The van der Waals surface area contributed by atoms with E-state index in [1.54, 1.807) is 0 Å². The van der Waals surface area contributed by atoms with Gasteiger partial charge < -0.3 is 10.7 Å². The molecule has 0 aromatic rings. The maximum absolute atomic E-state index is 4.94. The van der Waals surface area contributed by atoms with Crippen LogP contribution in [0.25, 0.3) is 0 Å². The van der Waals surface area contributed by atoms with Crippen molar-refractivity contribution in [2.24, 2.45) is 0 Å². The van der Waals surface area contributed by atoms with Gasteiger partial charge in [0.1, 0.15) is 0 Å². The van der Waals surface area contributed by atoms with E-state index in [-0.39, 0.29) is 36.9 Å². The second kappa shape index (κ2) is 20.2. The van der Waals surface area contributed by atoms with Crippen LogP contribution in [0, 0.1) is 107 Å². The van der Waals surface area contributed by atoms with Gasteiger partial charge in [0.25, 0.3) is 0 Å². The standard InChI is InChI=1S/2C5H5.C4H8O.C4H9.Lu/c3*1-2-4-5-3-1;1-4(2)3;/h2*1-5H;1-4H2;1-3H3;/q;;;-1;. The zero-order chi connectivity index (χ0) is 14.2. The Labute approximate surface area is 157 Å². The Kier molecular flexibility index (Phi) is 23.7. The van der Waals surface area contributed by atoms with Crippen molar-refractivity contribution in [1.82, 2.24) is 0 Å². The molecule has 1 heterocycles. The topological polar surface area (TPSA) is 9.23 Å². The van der Waals surface area contributed by atoms with Gasteiger partial charge in [0.05, 0.1) is 0 Å². The first kappa shape index (κ1) is 23.5. The smallest absolute Gasteiger partial charge is 0.0466 e. The molecule has 0 atom stereocenters. The average molecular weight is 434 g/mol. The van der Waals surface area contributed by atoms with Crippen LogP contribution in [0.1, 0.15) is 33.6 Å². The molecule has 3 aliphatic rings. The summed E-state index contributed by atoms with van der Waals surface area (Å²) in [6.45, 7) is 8.25. The third-order valence-electron chi connectivity index (χ3n) is 1.94. The van der Waals surface area contributed by atoms with Crippen molar-refractivity contribution >= 4 is 0 Å². The largest absolute Gasteiger partial charge is 0.381 e. The molecule has 1 saturated heterocycles. The monoisotopic (exact) mass is 434 g/mol. The normalized spacial score (nSPS) is 19.8. The van der Waals surface area contributed by atoms with Crippen molar-refractivity contribution in [3.63, 3.8) is 0 Å². The van der Waals surface area contributed by atoms with Crippen LogP contribution in [-0.4, -0.2) is 13.2 Å². The molecule has 2 heteroatoms. The van der Waals surface area contributed by atoms with E-state index in [0.717, 1.165) is 13.2 Å². The summed E-state index contributed by atoms with van der Waals surface area (Å²) in [5, 5.41) is 0. The van der Waals surface area contributed by atoms with E-state index in [1.807, 2.05) is 64.2 Å². The molecule has 121 valence electrons. The molecule has 3 fully saturated rings. The molecule has 0 amide bonds. The van der Waals surface area contributed by atoms with E-state index in [2.05, 4.69) is 20.8 Å². The first-order valence-corrected chi connectivity index (χ1v) is 6.91. The van der Waals surface area contributed by atoms with Gasteiger partial charge in [-0.25, -0.2) is 0 Å². The fraction of sp³-hybridized carbons (Fsp3) is 0.389. The van der Waals surface area contributed by atoms with Gasteiger partial charge in [-0.1, -0.05) is 0 Å². The van der Waals surface area contributed by atoms with Gasteiger partial charge in [-0.3, -0.25) is 0 Å². The van der Waals surface area contributed by atoms with Gasteiger partial charge in [-0.15, -0.1) is 0 Å². The number of hydrogen-bond donors (Lipinski definition) is 0. The van der Waals surface area contributed by atoms with Gasteiger partial charge in [-0.05, 0) is 77.0 Å². The quantitative estimate of drug-likeness (QED) is 0.512. The molecule has 0 bridgehead atoms. The summed E-state index contributed by atoms with van der Waals surface area (Å²) in [4.78, 5) is 0. The minimum absolute atomic E-state index is 0. The summed E-state index contributed by atoms with van der Waals surface area (Å²) in [5.74, 6) is 1.42. The van der Waals surface area contributed by atoms with E-state index in [9.17, 15) is 0 Å². The molecule has 2 saturated carbocycles. The summed E-state index contributed by atoms with van der Waals surface area (Å²) in [5.41, 5.74) is 0. The third kappa shape index (κ3) is 24.2. The van der Waals surface area contributed by atoms with Crippen molar-refractivity contribution in [1.29, 1.82) is 0 Å². The molecule has 20 heavy (non-hydrogen) atoms. The second-order valence-corrected chi connectivity index (χ2v) is 4.74. The first-order chi connectivity index (χ1) is 9.23. The zero-order valence-corrected chi connectivity index (χ0v) is 14.4. The summed E-state index contributed by atoms with van der Waals surface area (Å²) in [7, 11) is 0. The van der Waals surface area contributed by atoms with Gasteiger partial charge in [-0.2, -0.15) is 20.8 Å². The van der Waals surface area contributed by atoms with E-state index in [4.69, 9.17) is 4.74 Å². The SMILES string of the molecule is C1CCOC1.C[C-](C)C.[CH]1[CH][CH][CH][CH]1.[CH]1[CH][CH][CH][CH]1.[Lu]. The minimum Gasteiger partial charge on any atom is -0.381 e. The molecular weight excluding hydrogens is 407 g/mol.